The normalized spacial score (nSPS) is 15.2. The zero-order valence-electron chi connectivity index (χ0n) is 7.26. The molecule has 0 fully saturated rings. The molecule has 14 heavy (non-hydrogen) atoms. The molecule has 2 heterocycles. The summed E-state index contributed by atoms with van der Waals surface area (Å²) in [6, 6.07) is 3.75. The highest BCUT2D eigenvalue weighted by molar-refractivity contribution is 7.98. The minimum Gasteiger partial charge on any atom is -0.452 e. The molecule has 0 bridgehead atoms. The van der Waals surface area contributed by atoms with Gasteiger partial charge < -0.3 is 4.74 Å². The summed E-state index contributed by atoms with van der Waals surface area (Å²) in [6.07, 6.45) is 3.43. The highest BCUT2D eigenvalue weighted by Gasteiger charge is 2.16. The quantitative estimate of drug-likeness (QED) is 0.586. The maximum Gasteiger partial charge on any atom is 0.242 e. The summed E-state index contributed by atoms with van der Waals surface area (Å²) in [4.78, 5) is 3.99. The lowest BCUT2D eigenvalue weighted by Crippen LogP contribution is -2.04. The first-order valence-electron chi connectivity index (χ1n) is 3.98. The number of hydrogen-bond acceptors (Lipinski definition) is 5. The van der Waals surface area contributed by atoms with E-state index < -0.39 is 0 Å². The van der Waals surface area contributed by atoms with Gasteiger partial charge in [0.2, 0.25) is 5.90 Å². The van der Waals surface area contributed by atoms with Gasteiger partial charge >= 0.3 is 0 Å². The molecule has 0 radical (unpaired) electrons. The Bertz CT molecular complexity index is 333. The van der Waals surface area contributed by atoms with Crippen LogP contribution in [0.3, 0.4) is 0 Å². The molecule has 0 atom stereocenters. The summed E-state index contributed by atoms with van der Waals surface area (Å²) in [6.45, 7) is 0.432. The summed E-state index contributed by atoms with van der Waals surface area (Å²) < 4.78 is 7.06. The van der Waals surface area contributed by atoms with Crippen LogP contribution in [-0.2, 0) is 4.74 Å². The minimum atomic E-state index is 0.432. The molecule has 0 aromatic carbocycles. The van der Waals surface area contributed by atoms with Crippen LogP contribution in [0.25, 0.3) is 0 Å². The molecule has 2 rings (SSSR count). The van der Waals surface area contributed by atoms with Crippen molar-refractivity contribution < 1.29 is 4.74 Å². The van der Waals surface area contributed by atoms with Gasteiger partial charge in [-0.2, -0.15) is 4.41 Å². The van der Waals surface area contributed by atoms with E-state index in [1.807, 2.05) is 12.1 Å². The third-order valence-corrected chi connectivity index (χ3v) is 2.50. The van der Waals surface area contributed by atoms with Gasteiger partial charge in [0.25, 0.3) is 0 Å². The van der Waals surface area contributed by atoms with Gasteiger partial charge in [0, 0.05) is 12.4 Å². The Morgan fingerprint density at radius 3 is 3.29 bits per heavy atom. The summed E-state index contributed by atoms with van der Waals surface area (Å²) >= 11 is 6.96. The van der Waals surface area contributed by atoms with Crippen molar-refractivity contribution in [2.24, 2.45) is 5.10 Å². The molecule has 0 amide bonds. The van der Waals surface area contributed by atoms with Crippen LogP contribution in [0.5, 0.6) is 0 Å². The standard InChI is InChI=1S/C8H8ClN3OS/c9-5-14-12-6-13-8(11-12)7-2-1-3-10-4-7/h1-4H,5-6H2. The van der Waals surface area contributed by atoms with E-state index in [1.165, 1.54) is 11.9 Å². The molecular weight excluding hydrogens is 222 g/mol. The molecule has 74 valence electrons. The Balaban J connectivity index is 2.10. The number of pyridine rings is 1. The van der Waals surface area contributed by atoms with Crippen LogP contribution < -0.4 is 0 Å². The number of ether oxygens (including phenoxy) is 1. The second-order valence-electron chi connectivity index (χ2n) is 2.51. The Labute approximate surface area is 91.0 Å². The molecule has 1 aliphatic heterocycles. The van der Waals surface area contributed by atoms with E-state index in [-0.39, 0.29) is 0 Å². The van der Waals surface area contributed by atoms with Gasteiger partial charge in [-0.1, -0.05) is 0 Å². The Morgan fingerprint density at radius 1 is 1.64 bits per heavy atom. The van der Waals surface area contributed by atoms with Gasteiger partial charge in [-0.05, 0) is 24.1 Å². The number of aromatic nitrogens is 1. The van der Waals surface area contributed by atoms with Crippen molar-refractivity contribution in [3.05, 3.63) is 30.1 Å². The average Bonchev–Trinajstić information content (AvgIpc) is 2.68. The molecule has 0 aliphatic carbocycles. The predicted octanol–water partition coefficient (Wildman–Crippen LogP) is 1.88. The maximum absolute atomic E-state index is 5.56. The van der Waals surface area contributed by atoms with E-state index in [4.69, 9.17) is 16.3 Å². The number of hydrogen-bond donors (Lipinski definition) is 0. The molecule has 0 saturated carbocycles. The van der Waals surface area contributed by atoms with Crippen molar-refractivity contribution in [3.8, 4) is 0 Å². The van der Waals surface area contributed by atoms with Crippen LogP contribution in [0, 0.1) is 0 Å². The SMILES string of the molecule is ClCSN1COC(c2cccnc2)=N1. The highest BCUT2D eigenvalue weighted by Crippen LogP contribution is 2.18. The number of nitrogens with zero attached hydrogens (tertiary/aromatic N) is 3. The first-order chi connectivity index (χ1) is 6.90. The van der Waals surface area contributed by atoms with Gasteiger partial charge in [-0.3, -0.25) is 4.98 Å². The largest absolute Gasteiger partial charge is 0.452 e. The lowest BCUT2D eigenvalue weighted by atomic mass is 10.3. The van der Waals surface area contributed by atoms with E-state index in [0.29, 0.717) is 17.8 Å². The fourth-order valence-electron chi connectivity index (χ4n) is 1.03. The average molecular weight is 230 g/mol. The van der Waals surface area contributed by atoms with Crippen molar-refractivity contribution >= 4 is 29.4 Å². The van der Waals surface area contributed by atoms with Gasteiger partial charge in [0.15, 0.2) is 6.73 Å². The summed E-state index contributed by atoms with van der Waals surface area (Å²) in [5.41, 5.74) is 0.880. The fourth-order valence-corrected chi connectivity index (χ4v) is 1.74. The molecule has 0 saturated heterocycles. The van der Waals surface area contributed by atoms with E-state index in [9.17, 15) is 0 Å². The lowest BCUT2D eigenvalue weighted by Gasteiger charge is -2.05. The molecule has 4 nitrogen and oxygen atoms in total. The second-order valence-corrected chi connectivity index (χ2v) is 4.06. The van der Waals surface area contributed by atoms with Crippen LogP contribution in [0.1, 0.15) is 5.56 Å². The second kappa shape index (κ2) is 4.52. The molecular formula is C8H8ClN3OS. The van der Waals surface area contributed by atoms with Crippen molar-refractivity contribution in [3.63, 3.8) is 0 Å². The first kappa shape index (κ1) is 9.61. The smallest absolute Gasteiger partial charge is 0.242 e. The molecule has 1 aliphatic rings. The monoisotopic (exact) mass is 229 g/mol. The van der Waals surface area contributed by atoms with Gasteiger partial charge in [0.05, 0.1) is 10.8 Å². The van der Waals surface area contributed by atoms with E-state index in [0.717, 1.165) is 5.56 Å². The molecule has 0 N–H and O–H groups in total. The van der Waals surface area contributed by atoms with Crippen LogP contribution in [0.4, 0.5) is 0 Å². The number of hydrazone groups is 1. The van der Waals surface area contributed by atoms with E-state index >= 15 is 0 Å². The summed E-state index contributed by atoms with van der Waals surface area (Å²) in [7, 11) is 0. The third-order valence-electron chi connectivity index (χ3n) is 1.62. The topological polar surface area (TPSA) is 37.7 Å². The van der Waals surface area contributed by atoms with Crippen molar-refractivity contribution in [2.75, 3.05) is 11.9 Å². The van der Waals surface area contributed by atoms with Crippen LogP contribution >= 0.6 is 23.5 Å². The molecule has 0 unspecified atom stereocenters. The van der Waals surface area contributed by atoms with Crippen molar-refractivity contribution in [2.45, 2.75) is 0 Å². The Kier molecular flexibility index (Phi) is 3.10. The third kappa shape index (κ3) is 2.10. The molecule has 1 aromatic rings. The number of rotatable bonds is 3. The van der Waals surface area contributed by atoms with Crippen molar-refractivity contribution in [1.29, 1.82) is 0 Å². The molecule has 0 spiro atoms. The van der Waals surface area contributed by atoms with Crippen LogP contribution in [0.2, 0.25) is 0 Å². The Morgan fingerprint density at radius 2 is 2.57 bits per heavy atom. The van der Waals surface area contributed by atoms with E-state index in [2.05, 4.69) is 10.1 Å². The number of halogens is 1. The van der Waals surface area contributed by atoms with Gasteiger partial charge in [0.1, 0.15) is 0 Å². The number of alkyl halides is 1. The van der Waals surface area contributed by atoms with Crippen molar-refractivity contribution in [1.82, 2.24) is 9.40 Å². The zero-order valence-corrected chi connectivity index (χ0v) is 8.83. The lowest BCUT2D eigenvalue weighted by molar-refractivity contribution is 0.257. The maximum atomic E-state index is 5.56. The minimum absolute atomic E-state index is 0.432. The summed E-state index contributed by atoms with van der Waals surface area (Å²) in [5.74, 6) is 0.593. The molecule has 6 heteroatoms. The van der Waals surface area contributed by atoms with Crippen LogP contribution in [0.15, 0.2) is 29.6 Å². The van der Waals surface area contributed by atoms with Crippen LogP contribution in [-0.4, -0.2) is 27.2 Å². The fraction of sp³-hybridized carbons (Fsp3) is 0.250. The highest BCUT2D eigenvalue weighted by atomic mass is 35.5. The predicted molar refractivity (Wildman–Crippen MR) is 56.9 cm³/mol. The van der Waals surface area contributed by atoms with Gasteiger partial charge in [-0.25, -0.2) is 0 Å². The van der Waals surface area contributed by atoms with E-state index in [1.54, 1.807) is 16.8 Å². The molecule has 1 aromatic heterocycles. The zero-order chi connectivity index (χ0) is 9.80. The summed E-state index contributed by atoms with van der Waals surface area (Å²) in [5, 5.41) is 4.68. The Hall–Kier alpha value is -0.940. The van der Waals surface area contributed by atoms with Gasteiger partial charge in [-0.15, -0.1) is 16.7 Å². The first-order valence-corrected chi connectivity index (χ1v) is 5.46.